The summed E-state index contributed by atoms with van der Waals surface area (Å²) in [5.74, 6) is 0.892. The number of methoxy groups -OCH3 is 1. The van der Waals surface area contributed by atoms with Gasteiger partial charge < -0.3 is 4.74 Å². The van der Waals surface area contributed by atoms with Crippen LogP contribution in [0, 0.1) is 6.92 Å². The van der Waals surface area contributed by atoms with E-state index in [2.05, 4.69) is 43.4 Å². The molecule has 2 heteroatoms. The van der Waals surface area contributed by atoms with Gasteiger partial charge in [0.25, 0.3) is 0 Å². The van der Waals surface area contributed by atoms with Gasteiger partial charge in [-0.2, -0.15) is 0 Å². The highest BCUT2D eigenvalue weighted by atomic mass is 16.5. The highest BCUT2D eigenvalue weighted by molar-refractivity contribution is 5.88. The van der Waals surface area contributed by atoms with E-state index in [4.69, 9.17) is 9.72 Å². The Labute approximate surface area is 113 Å². The average Bonchev–Trinajstić information content (AvgIpc) is 2.47. The Bertz CT molecular complexity index is 683. The smallest absolute Gasteiger partial charge is 0.130 e. The third-order valence-electron chi connectivity index (χ3n) is 3.44. The number of rotatable bonds is 2. The van der Waals surface area contributed by atoms with Gasteiger partial charge in [0.2, 0.25) is 0 Å². The van der Waals surface area contributed by atoms with Gasteiger partial charge in [0.15, 0.2) is 0 Å². The fraction of sp³-hybridized carbons (Fsp3) is 0.235. The van der Waals surface area contributed by atoms with Crippen LogP contribution in [0.1, 0.15) is 24.1 Å². The molecule has 0 spiro atoms. The molecule has 1 aromatic heterocycles. The first-order valence-corrected chi connectivity index (χ1v) is 6.60. The average molecular weight is 251 g/mol. The minimum absolute atomic E-state index is 0.892. The van der Waals surface area contributed by atoms with Crippen molar-refractivity contribution in [2.75, 3.05) is 7.11 Å². The number of aromatic nitrogens is 1. The van der Waals surface area contributed by atoms with Crippen LogP contribution in [0.25, 0.3) is 16.5 Å². The van der Waals surface area contributed by atoms with E-state index in [-0.39, 0.29) is 0 Å². The van der Waals surface area contributed by atoms with Crippen LogP contribution in [-0.2, 0) is 0 Å². The van der Waals surface area contributed by atoms with Gasteiger partial charge in [0.05, 0.1) is 18.3 Å². The van der Waals surface area contributed by atoms with Gasteiger partial charge in [-0.15, -0.1) is 0 Å². The highest BCUT2D eigenvalue weighted by Gasteiger charge is 2.09. The summed E-state index contributed by atoms with van der Waals surface area (Å²) in [6.07, 6.45) is 8.78. The number of aryl methyl sites for hydroxylation is 1. The molecule has 0 saturated carbocycles. The summed E-state index contributed by atoms with van der Waals surface area (Å²) in [7, 11) is 1.71. The first kappa shape index (κ1) is 12.0. The third-order valence-corrected chi connectivity index (χ3v) is 3.44. The van der Waals surface area contributed by atoms with Crippen molar-refractivity contribution in [3.8, 4) is 5.75 Å². The summed E-state index contributed by atoms with van der Waals surface area (Å²) in [4.78, 5) is 4.75. The van der Waals surface area contributed by atoms with Crippen LogP contribution in [0.2, 0.25) is 0 Å². The number of nitrogens with zero attached hydrogens (tertiary/aromatic N) is 1. The molecule has 1 aromatic carbocycles. The van der Waals surface area contributed by atoms with Crippen LogP contribution >= 0.6 is 0 Å². The van der Waals surface area contributed by atoms with Crippen LogP contribution in [-0.4, -0.2) is 12.1 Å². The largest absolute Gasteiger partial charge is 0.496 e. The number of allylic oxidation sites excluding steroid dienone is 4. The molecule has 19 heavy (non-hydrogen) atoms. The van der Waals surface area contributed by atoms with Crippen LogP contribution < -0.4 is 4.74 Å². The quantitative estimate of drug-likeness (QED) is 0.794. The van der Waals surface area contributed by atoms with Crippen LogP contribution in [0.15, 0.2) is 42.5 Å². The monoisotopic (exact) mass is 251 g/mol. The number of hydrogen-bond acceptors (Lipinski definition) is 2. The first-order valence-electron chi connectivity index (χ1n) is 6.60. The second-order valence-corrected chi connectivity index (χ2v) is 4.87. The maximum Gasteiger partial charge on any atom is 0.130 e. The zero-order chi connectivity index (χ0) is 13.2. The molecule has 0 aliphatic heterocycles. The van der Waals surface area contributed by atoms with Gasteiger partial charge in [-0.25, -0.2) is 4.98 Å². The number of hydrogen-bond donors (Lipinski definition) is 0. The number of benzene rings is 1. The molecular weight excluding hydrogens is 234 g/mol. The molecule has 2 nitrogen and oxygen atoms in total. The Morgan fingerprint density at radius 3 is 2.79 bits per heavy atom. The molecule has 0 saturated heterocycles. The Morgan fingerprint density at radius 1 is 1.16 bits per heavy atom. The summed E-state index contributed by atoms with van der Waals surface area (Å²) >= 11 is 0. The van der Waals surface area contributed by atoms with Crippen molar-refractivity contribution in [2.45, 2.75) is 19.8 Å². The molecule has 0 amide bonds. The van der Waals surface area contributed by atoms with Gasteiger partial charge in [-0.1, -0.05) is 29.9 Å². The molecule has 0 radical (unpaired) electrons. The lowest BCUT2D eigenvalue weighted by atomic mass is 10.0. The van der Waals surface area contributed by atoms with Crippen molar-refractivity contribution in [2.24, 2.45) is 0 Å². The van der Waals surface area contributed by atoms with Crippen molar-refractivity contribution in [1.82, 2.24) is 4.98 Å². The third kappa shape index (κ3) is 2.26. The molecule has 0 atom stereocenters. The molecular formula is C17H17NO. The predicted octanol–water partition coefficient (Wildman–Crippen LogP) is 4.29. The molecule has 1 aliphatic rings. The summed E-state index contributed by atoms with van der Waals surface area (Å²) in [6, 6.07) is 8.30. The van der Waals surface area contributed by atoms with E-state index in [0.717, 1.165) is 35.2 Å². The van der Waals surface area contributed by atoms with E-state index in [1.54, 1.807) is 7.11 Å². The first-order chi connectivity index (χ1) is 9.28. The molecule has 0 fully saturated rings. The van der Waals surface area contributed by atoms with Gasteiger partial charge in [0.1, 0.15) is 5.75 Å². The fourth-order valence-corrected chi connectivity index (χ4v) is 2.43. The van der Waals surface area contributed by atoms with Crippen molar-refractivity contribution >= 4 is 16.5 Å². The van der Waals surface area contributed by atoms with Gasteiger partial charge in [-0.3, -0.25) is 0 Å². The van der Waals surface area contributed by atoms with Gasteiger partial charge >= 0.3 is 0 Å². The Morgan fingerprint density at radius 2 is 2.05 bits per heavy atom. The number of pyridine rings is 1. The summed E-state index contributed by atoms with van der Waals surface area (Å²) in [6.45, 7) is 2.08. The lowest BCUT2D eigenvalue weighted by molar-refractivity contribution is 0.419. The molecule has 3 rings (SSSR count). The molecule has 2 aromatic rings. The molecule has 0 N–H and O–H groups in total. The molecule has 1 aliphatic carbocycles. The number of fused-ring (bicyclic) bond motifs is 1. The van der Waals surface area contributed by atoms with Gasteiger partial charge in [0, 0.05) is 11.5 Å². The maximum absolute atomic E-state index is 5.52. The van der Waals surface area contributed by atoms with Crippen LogP contribution in [0.4, 0.5) is 0 Å². The zero-order valence-electron chi connectivity index (χ0n) is 11.3. The predicted molar refractivity (Wildman–Crippen MR) is 79.4 cm³/mol. The fourth-order valence-electron chi connectivity index (χ4n) is 2.43. The summed E-state index contributed by atoms with van der Waals surface area (Å²) < 4.78 is 5.52. The van der Waals surface area contributed by atoms with Crippen molar-refractivity contribution in [1.29, 1.82) is 0 Å². The van der Waals surface area contributed by atoms with E-state index >= 15 is 0 Å². The summed E-state index contributed by atoms with van der Waals surface area (Å²) in [5.41, 5.74) is 4.38. The van der Waals surface area contributed by atoms with E-state index in [9.17, 15) is 0 Å². The Balaban J connectivity index is 2.20. The highest BCUT2D eigenvalue weighted by Crippen LogP contribution is 2.30. The van der Waals surface area contributed by atoms with E-state index in [0.29, 0.717) is 0 Å². The maximum atomic E-state index is 5.52. The second-order valence-electron chi connectivity index (χ2n) is 4.87. The van der Waals surface area contributed by atoms with Crippen molar-refractivity contribution < 1.29 is 4.74 Å². The second kappa shape index (κ2) is 4.88. The normalized spacial score (nSPS) is 14.5. The zero-order valence-corrected chi connectivity index (χ0v) is 11.3. The Kier molecular flexibility index (Phi) is 3.08. The molecule has 0 bridgehead atoms. The van der Waals surface area contributed by atoms with Crippen molar-refractivity contribution in [3.05, 3.63) is 53.8 Å². The minimum Gasteiger partial charge on any atom is -0.496 e. The summed E-state index contributed by atoms with van der Waals surface area (Å²) in [5, 5.41) is 1.08. The van der Waals surface area contributed by atoms with E-state index < -0.39 is 0 Å². The van der Waals surface area contributed by atoms with Crippen LogP contribution in [0.5, 0.6) is 5.75 Å². The van der Waals surface area contributed by atoms with Crippen molar-refractivity contribution in [3.63, 3.8) is 0 Å². The Hall–Kier alpha value is -2.09. The lowest BCUT2D eigenvalue weighted by Crippen LogP contribution is -1.95. The van der Waals surface area contributed by atoms with E-state index in [1.807, 2.05) is 6.07 Å². The minimum atomic E-state index is 0.892. The SMILES string of the molecule is COc1cc(C2=CCCC=C2)nc2ccc(C)cc12. The molecule has 0 unspecified atom stereocenters. The standard InChI is InChI=1S/C17H17NO/c1-12-8-9-15-14(10-12)17(19-2)11-16(18-15)13-6-4-3-5-7-13/h4,6-11H,3,5H2,1-2H3. The van der Waals surface area contributed by atoms with Crippen LogP contribution in [0.3, 0.4) is 0 Å². The van der Waals surface area contributed by atoms with E-state index in [1.165, 1.54) is 11.1 Å². The lowest BCUT2D eigenvalue weighted by Gasteiger charge is -2.11. The topological polar surface area (TPSA) is 22.1 Å². The molecule has 1 heterocycles. The van der Waals surface area contributed by atoms with Gasteiger partial charge in [-0.05, 0) is 37.5 Å². The number of ether oxygens (including phenoxy) is 1. The molecule has 96 valence electrons.